The normalized spacial score (nSPS) is 18.8. The Labute approximate surface area is 144 Å². The first kappa shape index (κ1) is 17.9. The van der Waals surface area contributed by atoms with Crippen LogP contribution in [0.15, 0.2) is 10.7 Å². The number of hydrogen-bond acceptors (Lipinski definition) is 5. The number of rotatable bonds is 3. The molecule has 1 aliphatic rings. The van der Waals surface area contributed by atoms with Gasteiger partial charge in [-0.2, -0.15) is 5.10 Å². The highest BCUT2D eigenvalue weighted by Crippen LogP contribution is 2.22. The minimum Gasteiger partial charge on any atom is -0.444 e. The number of hydrogen-bond donors (Lipinski definition) is 0. The van der Waals surface area contributed by atoms with Crippen LogP contribution in [0, 0.1) is 0 Å². The summed E-state index contributed by atoms with van der Waals surface area (Å²) in [4.78, 5) is 26.8. The van der Waals surface area contributed by atoms with Gasteiger partial charge in [-0.1, -0.05) is 0 Å². The predicted octanol–water partition coefficient (Wildman–Crippen LogP) is 2.48. The van der Waals surface area contributed by atoms with Gasteiger partial charge in [0.25, 0.3) is 0 Å². The van der Waals surface area contributed by atoms with Crippen LogP contribution in [-0.4, -0.2) is 58.0 Å². The largest absolute Gasteiger partial charge is 0.444 e. The van der Waals surface area contributed by atoms with Gasteiger partial charge in [-0.3, -0.25) is 14.4 Å². The van der Waals surface area contributed by atoms with Crippen molar-refractivity contribution in [3.63, 3.8) is 0 Å². The lowest BCUT2D eigenvalue weighted by molar-refractivity contribution is -0.0268. The van der Waals surface area contributed by atoms with E-state index in [1.54, 1.807) is 31.6 Å². The van der Waals surface area contributed by atoms with Crippen molar-refractivity contribution in [1.29, 1.82) is 0 Å². The highest BCUT2D eigenvalue weighted by Gasteiger charge is 2.37. The molecule has 0 aromatic carbocycles. The molecule has 1 saturated heterocycles. The maximum atomic E-state index is 12.9. The molecule has 23 heavy (non-hydrogen) atoms. The van der Waals surface area contributed by atoms with Crippen molar-refractivity contribution in [2.45, 2.75) is 45.9 Å². The zero-order chi connectivity index (χ0) is 17.2. The summed E-state index contributed by atoms with van der Waals surface area (Å²) in [6, 6.07) is -0.711. The van der Waals surface area contributed by atoms with Crippen LogP contribution in [0.5, 0.6) is 0 Å². The number of carbonyl (C=O) groups excluding carboxylic acids is 2. The van der Waals surface area contributed by atoms with Crippen LogP contribution < -0.4 is 0 Å². The second-order valence-electron chi connectivity index (χ2n) is 6.29. The first-order valence-corrected chi connectivity index (χ1v) is 8.36. The van der Waals surface area contributed by atoms with Gasteiger partial charge in [0.15, 0.2) is 0 Å². The molecule has 1 atom stereocenters. The summed E-state index contributed by atoms with van der Waals surface area (Å²) in [5.41, 5.74) is -0.175. The van der Waals surface area contributed by atoms with Crippen molar-refractivity contribution < 1.29 is 19.1 Å². The van der Waals surface area contributed by atoms with Crippen LogP contribution >= 0.6 is 15.9 Å². The molecule has 0 saturated carbocycles. The number of aryl methyl sites for hydroxylation is 1. The van der Waals surface area contributed by atoms with Gasteiger partial charge in [0.1, 0.15) is 17.3 Å². The van der Waals surface area contributed by atoms with Gasteiger partial charge in [-0.15, -0.1) is 0 Å². The van der Waals surface area contributed by atoms with Gasteiger partial charge in [-0.05, 0) is 43.6 Å². The molecular weight excluding hydrogens is 366 g/mol. The van der Waals surface area contributed by atoms with Gasteiger partial charge in [0, 0.05) is 13.1 Å². The van der Waals surface area contributed by atoms with Gasteiger partial charge in [-0.25, -0.2) is 4.79 Å². The number of nitrogens with zero attached hydrogens (tertiary/aromatic N) is 3. The molecule has 2 rings (SSSR count). The van der Waals surface area contributed by atoms with Gasteiger partial charge in [0.05, 0.1) is 23.9 Å². The van der Waals surface area contributed by atoms with Crippen LogP contribution in [0.4, 0.5) is 4.79 Å². The third kappa shape index (κ3) is 4.11. The third-order valence-corrected chi connectivity index (χ3v) is 3.97. The number of amides is 1. The SMILES string of the molecule is CCn1ncc(Br)c1C(=O)C1COCCN1C(=O)OC(C)(C)C. The molecule has 1 aliphatic heterocycles. The molecule has 8 heteroatoms. The number of ether oxygens (including phenoxy) is 2. The maximum absolute atomic E-state index is 12.9. The number of Topliss-reactive ketones (excluding diaryl/α,β-unsaturated/α-hetero) is 1. The van der Waals surface area contributed by atoms with Crippen molar-refractivity contribution in [1.82, 2.24) is 14.7 Å². The lowest BCUT2D eigenvalue weighted by Gasteiger charge is -2.35. The van der Waals surface area contributed by atoms with Crippen molar-refractivity contribution in [3.05, 3.63) is 16.4 Å². The number of ketones is 1. The second kappa shape index (κ2) is 7.00. The molecule has 0 aliphatic carbocycles. The number of carbonyl (C=O) groups is 2. The summed E-state index contributed by atoms with van der Waals surface area (Å²) < 4.78 is 13.0. The highest BCUT2D eigenvalue weighted by atomic mass is 79.9. The molecule has 128 valence electrons. The Kier molecular flexibility index (Phi) is 5.46. The highest BCUT2D eigenvalue weighted by molar-refractivity contribution is 9.10. The van der Waals surface area contributed by atoms with E-state index in [1.807, 2.05) is 6.92 Å². The van der Waals surface area contributed by atoms with Crippen LogP contribution in [0.25, 0.3) is 0 Å². The van der Waals surface area contributed by atoms with Crippen molar-refractivity contribution >= 4 is 27.8 Å². The Hall–Kier alpha value is -1.41. The lowest BCUT2D eigenvalue weighted by Crippen LogP contribution is -2.54. The fraction of sp³-hybridized carbons (Fsp3) is 0.667. The first-order chi connectivity index (χ1) is 10.7. The minimum absolute atomic E-state index is 0.152. The van der Waals surface area contributed by atoms with Crippen LogP contribution in [0.3, 0.4) is 0 Å². The van der Waals surface area contributed by atoms with Crippen molar-refractivity contribution in [2.24, 2.45) is 0 Å². The van der Waals surface area contributed by atoms with Crippen LogP contribution in [0.2, 0.25) is 0 Å². The minimum atomic E-state index is -0.711. The zero-order valence-corrected chi connectivity index (χ0v) is 15.4. The van der Waals surface area contributed by atoms with E-state index in [9.17, 15) is 9.59 Å². The molecule has 2 heterocycles. The van der Waals surface area contributed by atoms with E-state index in [2.05, 4.69) is 21.0 Å². The lowest BCUT2D eigenvalue weighted by atomic mass is 10.1. The monoisotopic (exact) mass is 387 g/mol. The van der Waals surface area contributed by atoms with Crippen LogP contribution in [0.1, 0.15) is 38.2 Å². The molecule has 7 nitrogen and oxygen atoms in total. The molecule has 1 aromatic rings. The summed E-state index contributed by atoms with van der Waals surface area (Å²) in [6.07, 6.45) is 1.08. The molecule has 0 radical (unpaired) electrons. The van der Waals surface area contributed by atoms with Crippen molar-refractivity contribution in [3.8, 4) is 0 Å². The second-order valence-corrected chi connectivity index (χ2v) is 7.14. The standard InChI is InChI=1S/C15H22BrN3O4/c1-5-19-12(10(16)8-17-19)13(20)11-9-22-7-6-18(11)14(21)23-15(2,3)4/h8,11H,5-7,9H2,1-4H3. The summed E-state index contributed by atoms with van der Waals surface area (Å²) in [5.74, 6) is -0.207. The number of aromatic nitrogens is 2. The number of morpholine rings is 1. The van der Waals surface area contributed by atoms with E-state index in [4.69, 9.17) is 9.47 Å². The maximum Gasteiger partial charge on any atom is 0.411 e. The predicted molar refractivity (Wildman–Crippen MR) is 87.5 cm³/mol. The molecule has 0 spiro atoms. The van der Waals surface area contributed by atoms with E-state index in [-0.39, 0.29) is 12.4 Å². The van der Waals surface area contributed by atoms with Crippen molar-refractivity contribution in [2.75, 3.05) is 19.8 Å². The van der Waals surface area contributed by atoms with E-state index >= 15 is 0 Å². The van der Waals surface area contributed by atoms with E-state index < -0.39 is 17.7 Å². The molecular formula is C15H22BrN3O4. The van der Waals surface area contributed by atoms with Crippen LogP contribution in [-0.2, 0) is 16.0 Å². The Morgan fingerprint density at radius 2 is 2.17 bits per heavy atom. The van der Waals surface area contributed by atoms with Gasteiger partial charge >= 0.3 is 6.09 Å². The molecule has 0 bridgehead atoms. The van der Waals surface area contributed by atoms with E-state index in [0.29, 0.717) is 29.9 Å². The van der Waals surface area contributed by atoms with Gasteiger partial charge < -0.3 is 9.47 Å². The van der Waals surface area contributed by atoms with E-state index in [1.165, 1.54) is 4.90 Å². The fourth-order valence-electron chi connectivity index (χ4n) is 2.37. The fourth-order valence-corrected chi connectivity index (χ4v) is 2.86. The zero-order valence-electron chi connectivity index (χ0n) is 13.8. The summed E-state index contributed by atoms with van der Waals surface area (Å²) in [7, 11) is 0. The topological polar surface area (TPSA) is 73.7 Å². The molecule has 1 amide bonds. The van der Waals surface area contributed by atoms with Gasteiger partial charge in [0.2, 0.25) is 5.78 Å². The summed E-state index contributed by atoms with van der Waals surface area (Å²) in [5, 5.41) is 4.15. The summed E-state index contributed by atoms with van der Waals surface area (Å²) >= 11 is 3.35. The average Bonchev–Trinajstić information content (AvgIpc) is 2.85. The average molecular weight is 388 g/mol. The smallest absolute Gasteiger partial charge is 0.411 e. The molecule has 1 unspecified atom stereocenters. The Morgan fingerprint density at radius 3 is 2.78 bits per heavy atom. The third-order valence-electron chi connectivity index (χ3n) is 3.39. The number of halogens is 1. The molecule has 1 fully saturated rings. The first-order valence-electron chi connectivity index (χ1n) is 7.57. The van der Waals surface area contributed by atoms with E-state index in [0.717, 1.165) is 0 Å². The summed E-state index contributed by atoms with van der Waals surface area (Å²) in [6.45, 7) is 8.71. The quantitative estimate of drug-likeness (QED) is 0.744. The Balaban J connectivity index is 2.25. The Bertz CT molecular complexity index is 594. The molecule has 1 aromatic heterocycles. The Morgan fingerprint density at radius 1 is 1.48 bits per heavy atom. The molecule has 0 N–H and O–H groups in total.